The average molecular weight is 1390 g/mol. The summed E-state index contributed by atoms with van der Waals surface area (Å²) in [6.07, 6.45) is 3.27. The number of alkyl carbamates (subject to hydrolysis) is 2. The number of ether oxygens (including phenoxy) is 9. The Morgan fingerprint density at radius 3 is 2.12 bits per heavy atom. The molecule has 6 fully saturated rings. The molecule has 5 saturated carbocycles. The summed E-state index contributed by atoms with van der Waals surface area (Å²) < 4.78 is 55.7. The van der Waals surface area contributed by atoms with E-state index >= 15 is 9.59 Å². The number of carbonyl (C=O) groups excluding carboxylic acids is 8. The summed E-state index contributed by atoms with van der Waals surface area (Å²) in [7, 11) is 2.75. The van der Waals surface area contributed by atoms with Crippen molar-refractivity contribution in [3.05, 3.63) is 94.6 Å². The van der Waals surface area contributed by atoms with Gasteiger partial charge in [0.1, 0.15) is 47.8 Å². The Kier molecular flexibility index (Phi) is 22.8. The van der Waals surface area contributed by atoms with E-state index < -0.39 is 143 Å². The molecular formula is C79H111N3O18. The smallest absolute Gasteiger partial charge is 0.408 e. The fraction of sp³-hybridized carbons (Fsp3) is 0.696. The molecule has 1 heterocycles. The molecule has 1 saturated heterocycles. The predicted octanol–water partition coefficient (Wildman–Crippen LogP) is 12.2. The number of rotatable bonds is 23. The van der Waals surface area contributed by atoms with E-state index in [1.165, 1.54) is 83.8 Å². The van der Waals surface area contributed by atoms with Crippen molar-refractivity contribution < 1.29 is 86.1 Å². The van der Waals surface area contributed by atoms with Gasteiger partial charge in [-0.1, -0.05) is 128 Å². The van der Waals surface area contributed by atoms with Gasteiger partial charge < -0.3 is 63.7 Å². The standard InChI is InChI=1S/C79H111N3O18/c1-45(2)23-22-24-46(3)54-31-32-55-53-30-29-51-41-52(35-37-75(51,11)56(53)36-38-76(54,55)12)95-71(89)81-40-39-80-60(84)33-34-61(85)97-65(63(49-25-18-16-19-26-49)82-72(90)100-73(6,7)8)70(88)96-57-43-79(91)68(98-69(87)50-27-20-17-21-28-50)66-77(13,67(86)64(93-15)62(47(57)4)74(79,9)10)58(92-14)42-59-78(66,44-94-59)99-48(5)83/h16-21,25-29,45-46,52-59,63-66,68,91H,22-24,30-44H2,1-15H3,(H,80,84)(H,81,89)(H,82,90)/t46?,52-,53?,54?,55?,56?,57-,58-,59+,63-,64+,65+,66-,68-,75-,76+,77+,78-,79+/m0/s1. The van der Waals surface area contributed by atoms with Crippen molar-refractivity contribution in [2.75, 3.05) is 33.9 Å². The van der Waals surface area contributed by atoms with Crippen molar-refractivity contribution in [2.24, 2.45) is 63.1 Å². The molecule has 10 rings (SSSR count). The third-order valence-corrected chi connectivity index (χ3v) is 25.1. The number of methoxy groups -OCH3 is 2. The molecule has 19 atom stereocenters. The molecule has 0 radical (unpaired) electrons. The third kappa shape index (κ3) is 14.7. The lowest BCUT2D eigenvalue weighted by molar-refractivity contribution is -0.347. The van der Waals surface area contributed by atoms with Crippen LogP contribution in [0.1, 0.15) is 208 Å². The summed E-state index contributed by atoms with van der Waals surface area (Å²) in [5.41, 5.74) is -5.68. The molecule has 3 amide bonds. The Labute approximate surface area is 590 Å². The minimum atomic E-state index is -2.36. The number of nitrogens with one attached hydrogen (secondary N) is 3. The van der Waals surface area contributed by atoms with Crippen LogP contribution in [0.2, 0.25) is 0 Å². The lowest BCUT2D eigenvalue weighted by atomic mass is 9.44. The number of fused-ring (bicyclic) bond motifs is 10. The molecule has 0 aromatic heterocycles. The molecule has 5 unspecified atom stereocenters. The van der Waals surface area contributed by atoms with Gasteiger partial charge in [-0.15, -0.1) is 0 Å². The summed E-state index contributed by atoms with van der Waals surface area (Å²) in [6, 6.07) is 14.7. The first-order valence-corrected chi connectivity index (χ1v) is 36.6. The van der Waals surface area contributed by atoms with E-state index in [0.29, 0.717) is 23.7 Å². The first-order chi connectivity index (χ1) is 47.2. The highest BCUT2D eigenvalue weighted by Crippen LogP contribution is 2.69. The largest absolute Gasteiger partial charge is 0.455 e. The summed E-state index contributed by atoms with van der Waals surface area (Å²) in [5.74, 6) is -2.06. The Morgan fingerprint density at radius 2 is 1.48 bits per heavy atom. The van der Waals surface area contributed by atoms with E-state index in [2.05, 4.69) is 56.6 Å². The van der Waals surface area contributed by atoms with Crippen LogP contribution in [0, 0.1) is 63.1 Å². The fourth-order valence-electron chi connectivity index (χ4n) is 20.0. The lowest BCUT2D eigenvalue weighted by Crippen LogP contribution is -2.82. The number of esters is 4. The zero-order chi connectivity index (χ0) is 72.7. The van der Waals surface area contributed by atoms with E-state index in [1.807, 2.05) is 0 Å². The first kappa shape index (κ1) is 76.0. The van der Waals surface area contributed by atoms with Gasteiger partial charge in [0, 0.05) is 65.3 Å². The highest BCUT2D eigenvalue weighted by atomic mass is 16.6. The fourth-order valence-corrected chi connectivity index (χ4v) is 20.0. The molecule has 2 aromatic carbocycles. The van der Waals surface area contributed by atoms with Crippen LogP contribution in [-0.4, -0.2) is 146 Å². The second-order valence-corrected chi connectivity index (χ2v) is 32.8. The van der Waals surface area contributed by atoms with Crippen LogP contribution in [0.4, 0.5) is 9.59 Å². The van der Waals surface area contributed by atoms with Crippen molar-refractivity contribution >= 4 is 47.8 Å². The van der Waals surface area contributed by atoms with E-state index in [4.69, 9.17) is 42.6 Å². The SMILES string of the molecule is CO[C@H]1C(=O)[C@]2(C)[C@@H](OC)C[C@H]3OC[C@@]3(OC(C)=O)[C@H]2[C@H](OC(=O)c2ccccc2)[C@]2(O)C[C@H](OC(=O)[C@H](OC(=O)CCC(=O)NCCNC(=O)O[C@H]3CC[C@@]4(C)C(=CCC5C6CCC(C(C)CCCC(C)C)[C@@]6(C)CCC54)C3)[C@@H](NC(=O)OC(C)(C)C)c3ccccc3)C(C)=C1C2(C)C. The highest BCUT2D eigenvalue weighted by molar-refractivity contribution is 5.94. The first-order valence-electron chi connectivity index (χ1n) is 36.6. The minimum Gasteiger partial charge on any atom is -0.455 e. The molecule has 21 heteroatoms. The van der Waals surface area contributed by atoms with Crippen LogP contribution < -0.4 is 16.0 Å². The molecule has 4 N–H and O–H groups in total. The number of carbonyl (C=O) groups is 8. The Bertz CT molecular complexity index is 3420. The number of hydrogen-bond donors (Lipinski definition) is 4. The molecule has 0 spiro atoms. The molecule has 100 heavy (non-hydrogen) atoms. The predicted molar refractivity (Wildman–Crippen MR) is 371 cm³/mol. The third-order valence-electron chi connectivity index (χ3n) is 25.1. The molecule has 2 bridgehead atoms. The van der Waals surface area contributed by atoms with Crippen molar-refractivity contribution in [3.63, 3.8) is 0 Å². The van der Waals surface area contributed by atoms with Gasteiger partial charge in [0.25, 0.3) is 0 Å². The van der Waals surface area contributed by atoms with Gasteiger partial charge in [-0.05, 0) is 155 Å². The van der Waals surface area contributed by atoms with Gasteiger partial charge in [0.15, 0.2) is 11.4 Å². The maximum Gasteiger partial charge on any atom is 0.408 e. The quantitative estimate of drug-likeness (QED) is 0.0348. The van der Waals surface area contributed by atoms with Crippen molar-refractivity contribution in [3.8, 4) is 0 Å². The van der Waals surface area contributed by atoms with Gasteiger partial charge >= 0.3 is 36.1 Å². The van der Waals surface area contributed by atoms with Crippen LogP contribution in [0.3, 0.4) is 0 Å². The van der Waals surface area contributed by atoms with Gasteiger partial charge in [0.2, 0.25) is 12.0 Å². The van der Waals surface area contributed by atoms with Crippen LogP contribution in [0.5, 0.6) is 0 Å². The highest BCUT2D eigenvalue weighted by Gasteiger charge is 2.78. The van der Waals surface area contributed by atoms with Crippen LogP contribution in [0.15, 0.2) is 83.5 Å². The number of allylic oxidation sites excluding steroid dienone is 1. The number of amides is 3. The number of Topliss-reactive ketones (excluding diaryl/α,β-unsaturated/α-hetero) is 1. The molecular weight excluding hydrogens is 1280 g/mol. The van der Waals surface area contributed by atoms with Crippen LogP contribution in [-0.2, 0) is 66.6 Å². The number of aliphatic hydroxyl groups is 1. The monoisotopic (exact) mass is 1390 g/mol. The van der Waals surface area contributed by atoms with E-state index in [0.717, 1.165) is 42.9 Å². The van der Waals surface area contributed by atoms with E-state index in [1.54, 1.807) is 97.0 Å². The molecule has 7 aliphatic carbocycles. The van der Waals surface area contributed by atoms with E-state index in [-0.39, 0.29) is 59.9 Å². The van der Waals surface area contributed by atoms with Gasteiger partial charge in [-0.2, -0.15) is 0 Å². The second kappa shape index (κ2) is 30.0. The van der Waals surface area contributed by atoms with E-state index in [9.17, 15) is 33.9 Å². The number of hydrogen-bond acceptors (Lipinski definition) is 18. The number of benzene rings is 2. The Hall–Kier alpha value is -6.68. The van der Waals surface area contributed by atoms with Gasteiger partial charge in [-0.3, -0.25) is 19.2 Å². The summed E-state index contributed by atoms with van der Waals surface area (Å²) in [4.78, 5) is 115. The summed E-state index contributed by atoms with van der Waals surface area (Å²) in [6.45, 7) is 24.8. The van der Waals surface area contributed by atoms with Crippen molar-refractivity contribution in [1.29, 1.82) is 0 Å². The minimum absolute atomic E-state index is 0.00965. The summed E-state index contributed by atoms with van der Waals surface area (Å²) in [5, 5.41) is 22.4. The van der Waals surface area contributed by atoms with Crippen LogP contribution >= 0.6 is 0 Å². The molecule has 550 valence electrons. The maximum atomic E-state index is 16.0. The van der Waals surface area contributed by atoms with Gasteiger partial charge in [-0.25, -0.2) is 19.2 Å². The molecule has 1 aliphatic heterocycles. The normalized spacial score (nSPS) is 34.1. The number of ketones is 1. The second-order valence-electron chi connectivity index (χ2n) is 32.8. The Morgan fingerprint density at radius 1 is 0.790 bits per heavy atom. The van der Waals surface area contributed by atoms with Crippen molar-refractivity contribution in [2.45, 2.75) is 252 Å². The average Bonchev–Trinajstić information content (AvgIpc) is 0.770. The molecule has 2 aromatic rings. The molecule has 21 nitrogen and oxygen atoms in total. The zero-order valence-corrected chi connectivity index (χ0v) is 61.6. The Balaban J connectivity index is 0.835. The lowest BCUT2D eigenvalue weighted by Gasteiger charge is -2.67. The zero-order valence-electron chi connectivity index (χ0n) is 61.6. The maximum absolute atomic E-state index is 16.0. The summed E-state index contributed by atoms with van der Waals surface area (Å²) >= 11 is 0. The van der Waals surface area contributed by atoms with Crippen LogP contribution in [0.25, 0.3) is 0 Å². The van der Waals surface area contributed by atoms with Crippen molar-refractivity contribution in [1.82, 2.24) is 16.0 Å². The van der Waals surface area contributed by atoms with Gasteiger partial charge in [0.05, 0.1) is 36.0 Å². The molecule has 8 aliphatic rings. The topological polar surface area (TPSA) is 276 Å².